The van der Waals surface area contributed by atoms with Crippen LogP contribution in [-0.2, 0) is 23.4 Å². The van der Waals surface area contributed by atoms with E-state index in [0.717, 1.165) is 16.4 Å². The van der Waals surface area contributed by atoms with E-state index >= 15 is 0 Å². The normalized spacial score (nSPS) is 24.1. The van der Waals surface area contributed by atoms with Gasteiger partial charge in [-0.15, -0.1) is 0 Å². The minimum absolute atomic E-state index is 0.0230. The molecule has 0 saturated carbocycles. The zero-order valence-corrected chi connectivity index (χ0v) is 23.0. The average molecular weight is 577 g/mol. The molecule has 0 aliphatic carbocycles. The Kier molecular flexibility index (Phi) is 9.24. The lowest BCUT2D eigenvalue weighted by atomic mass is 9.96. The van der Waals surface area contributed by atoms with Crippen LogP contribution in [0.3, 0.4) is 0 Å². The van der Waals surface area contributed by atoms with E-state index in [2.05, 4.69) is 10.1 Å². The summed E-state index contributed by atoms with van der Waals surface area (Å²) in [7, 11) is -4.29. The van der Waals surface area contributed by atoms with Crippen molar-refractivity contribution < 1.29 is 38.1 Å². The number of hydrogen-bond acceptors (Lipinski definition) is 11. The van der Waals surface area contributed by atoms with Crippen molar-refractivity contribution in [3.8, 4) is 5.75 Å². The van der Waals surface area contributed by atoms with E-state index in [9.17, 15) is 24.4 Å². The van der Waals surface area contributed by atoms with E-state index in [-0.39, 0.29) is 18.2 Å². The summed E-state index contributed by atoms with van der Waals surface area (Å²) in [4.78, 5) is 28.2. The largest absolute Gasteiger partial charge is 0.465 e. The second kappa shape index (κ2) is 12.5. The van der Waals surface area contributed by atoms with Gasteiger partial charge in [0.25, 0.3) is 0 Å². The molecule has 0 spiro atoms. The van der Waals surface area contributed by atoms with Gasteiger partial charge in [-0.1, -0.05) is 49.7 Å². The molecule has 1 fully saturated rings. The fourth-order valence-corrected chi connectivity index (χ4v) is 5.50. The van der Waals surface area contributed by atoms with Crippen LogP contribution in [0, 0.1) is 0 Å². The first kappa shape index (κ1) is 29.7. The van der Waals surface area contributed by atoms with Crippen LogP contribution in [0.2, 0.25) is 0 Å². The molecule has 0 radical (unpaired) electrons. The van der Waals surface area contributed by atoms with Crippen LogP contribution in [0.5, 0.6) is 5.75 Å². The van der Waals surface area contributed by atoms with Crippen LogP contribution in [0.4, 0.5) is 5.82 Å². The number of ether oxygens (including phenoxy) is 2. The third-order valence-electron chi connectivity index (χ3n) is 6.41. The molecule has 3 aromatic rings. The summed E-state index contributed by atoms with van der Waals surface area (Å²) in [5.41, 5.74) is 2.79. The van der Waals surface area contributed by atoms with Gasteiger partial charge in [-0.3, -0.25) is 13.9 Å². The highest BCUT2D eigenvalue weighted by molar-refractivity contribution is 7.52. The van der Waals surface area contributed by atoms with Crippen molar-refractivity contribution in [3.63, 3.8) is 0 Å². The highest BCUT2D eigenvalue weighted by atomic mass is 31.2. The van der Waals surface area contributed by atoms with Crippen molar-refractivity contribution in [1.29, 1.82) is 0 Å². The number of rotatable bonds is 12. The van der Waals surface area contributed by atoms with Crippen molar-refractivity contribution in [2.24, 2.45) is 0 Å². The predicted octanol–water partition coefficient (Wildman–Crippen LogP) is 2.12. The van der Waals surface area contributed by atoms with E-state index < -0.39 is 56.6 Å². The Labute approximate surface area is 230 Å². The Morgan fingerprint density at radius 3 is 2.75 bits per heavy atom. The molecule has 1 aliphatic rings. The number of nitrogens with two attached hydrogens (primary N) is 1. The zero-order valence-electron chi connectivity index (χ0n) is 22.1. The summed E-state index contributed by atoms with van der Waals surface area (Å²) in [5, 5.41) is 25.8. The van der Waals surface area contributed by atoms with E-state index in [1.807, 2.05) is 25.1 Å². The summed E-state index contributed by atoms with van der Waals surface area (Å²) >= 11 is 0. The number of esters is 1. The lowest BCUT2D eigenvalue weighted by Crippen LogP contribution is -2.46. The van der Waals surface area contributed by atoms with Crippen molar-refractivity contribution in [1.82, 2.24) is 14.6 Å². The third-order valence-corrected chi connectivity index (χ3v) is 7.89. The first-order valence-electron chi connectivity index (χ1n) is 12.8. The molecule has 216 valence electrons. The Morgan fingerprint density at radius 1 is 1.25 bits per heavy atom. The van der Waals surface area contributed by atoms with Crippen molar-refractivity contribution in [2.75, 3.05) is 25.5 Å². The van der Waals surface area contributed by atoms with Gasteiger partial charge in [0.2, 0.25) is 0 Å². The summed E-state index contributed by atoms with van der Waals surface area (Å²) in [6, 6.07) is 13.8. The number of aliphatic hydroxyl groups excluding tert-OH is 1. The molecule has 1 aromatic heterocycles. The molecule has 5 atom stereocenters. The van der Waals surface area contributed by atoms with Crippen LogP contribution in [0.15, 0.2) is 59.5 Å². The fourth-order valence-electron chi connectivity index (χ4n) is 4.21. The second-order valence-electron chi connectivity index (χ2n) is 9.51. The average Bonchev–Trinajstić information content (AvgIpc) is 3.15. The Balaban J connectivity index is 1.54. The number of aromatic nitrogens is 2. The predicted molar refractivity (Wildman–Crippen MR) is 145 cm³/mol. The van der Waals surface area contributed by atoms with Crippen molar-refractivity contribution in [2.45, 2.75) is 50.7 Å². The van der Waals surface area contributed by atoms with E-state index in [0.29, 0.717) is 11.8 Å². The van der Waals surface area contributed by atoms with Gasteiger partial charge in [0.15, 0.2) is 6.23 Å². The topological polar surface area (TPSA) is 184 Å². The molecule has 2 aromatic carbocycles. The van der Waals surface area contributed by atoms with Crippen molar-refractivity contribution in [3.05, 3.63) is 65.2 Å². The number of nitrogens with zero attached hydrogens (tertiary/aromatic N) is 2. The quantitative estimate of drug-likeness (QED) is 0.140. The fraction of sp³-hybridized carbons (Fsp3) is 0.423. The van der Waals surface area contributed by atoms with Crippen molar-refractivity contribution >= 4 is 30.3 Å². The number of hydrogen-bond donors (Lipinski definition) is 4. The molecule has 0 bridgehead atoms. The smallest absolute Gasteiger partial charge is 0.459 e. The number of benzene rings is 2. The van der Waals surface area contributed by atoms with Crippen LogP contribution in [-0.4, -0.2) is 63.3 Å². The molecular weight excluding hydrogens is 543 g/mol. The standard InChI is InChI=1S/C26H33N4O9P/c1-3-4-14-36-22(31)15-28-40(35,39-19-11-7-9-17-8-5-6-10-18(17)19)37-16-20-23(32)26(2,34)24(38-20)30-13-12-21(27)29-25(30)33/h5-13,20,23-24,32,34H,3-4,14-16H2,1-2H3,(H,28,35)(H2,27,29,33)/t20-,23-,24-,26-,40?/m1/s1. The molecule has 1 unspecified atom stereocenters. The molecule has 4 rings (SSSR count). The number of anilines is 1. The Bertz CT molecular complexity index is 1440. The monoisotopic (exact) mass is 576 g/mol. The molecule has 1 aliphatic heterocycles. The lowest BCUT2D eigenvalue weighted by molar-refractivity contribution is -0.142. The highest BCUT2D eigenvalue weighted by Gasteiger charge is 2.54. The number of carbonyl (C=O) groups is 1. The number of fused-ring (bicyclic) bond motifs is 1. The number of unbranched alkanes of at least 4 members (excludes halogenated alkanes) is 1. The molecule has 1 saturated heterocycles. The molecule has 2 heterocycles. The maximum absolute atomic E-state index is 13.9. The number of nitrogen functional groups attached to an aromatic ring is 1. The van der Waals surface area contributed by atoms with Crippen LogP contribution in [0.25, 0.3) is 10.8 Å². The minimum atomic E-state index is -4.29. The summed E-state index contributed by atoms with van der Waals surface area (Å²) < 4.78 is 37.2. The van der Waals surface area contributed by atoms with Gasteiger partial charge >= 0.3 is 19.4 Å². The van der Waals surface area contributed by atoms with Crippen LogP contribution >= 0.6 is 7.75 Å². The highest BCUT2D eigenvalue weighted by Crippen LogP contribution is 2.47. The Morgan fingerprint density at radius 2 is 2.00 bits per heavy atom. The number of carbonyl (C=O) groups excluding carboxylic acids is 1. The van der Waals surface area contributed by atoms with Gasteiger partial charge in [0.05, 0.1) is 13.2 Å². The van der Waals surface area contributed by atoms with Gasteiger partial charge in [-0.25, -0.2) is 14.4 Å². The van der Waals surface area contributed by atoms with E-state index in [1.165, 1.54) is 19.2 Å². The summed E-state index contributed by atoms with van der Waals surface area (Å²) in [6.45, 7) is 2.43. The van der Waals surface area contributed by atoms with E-state index in [1.54, 1.807) is 24.3 Å². The second-order valence-corrected chi connectivity index (χ2v) is 11.3. The van der Waals surface area contributed by atoms with Gasteiger partial charge in [-0.05, 0) is 30.9 Å². The SMILES string of the molecule is CCCCOC(=O)CNP(=O)(OC[C@H]1O[C@@H](n2ccc(N)nc2=O)[C@](C)(O)[C@@H]1O)Oc1cccc2ccccc12. The molecule has 5 N–H and O–H groups in total. The number of nitrogens with one attached hydrogen (secondary N) is 1. The summed E-state index contributed by atoms with van der Waals surface area (Å²) in [6.07, 6.45) is -1.37. The minimum Gasteiger partial charge on any atom is -0.465 e. The lowest BCUT2D eigenvalue weighted by Gasteiger charge is -2.27. The first-order valence-corrected chi connectivity index (χ1v) is 14.3. The maximum atomic E-state index is 13.9. The van der Waals surface area contributed by atoms with Gasteiger partial charge < -0.3 is 29.9 Å². The Hall–Kier alpha value is -3.32. The third kappa shape index (κ3) is 6.69. The molecular formula is C26H33N4O9P. The van der Waals surface area contributed by atoms with Crippen LogP contribution < -0.4 is 21.0 Å². The number of aliphatic hydroxyl groups is 2. The molecule has 0 amide bonds. The summed E-state index contributed by atoms with van der Waals surface area (Å²) in [5.74, 6) is -0.454. The van der Waals surface area contributed by atoms with Crippen LogP contribution in [0.1, 0.15) is 32.9 Å². The first-order chi connectivity index (χ1) is 19.0. The zero-order chi connectivity index (χ0) is 28.9. The van der Waals surface area contributed by atoms with Gasteiger partial charge in [0.1, 0.15) is 35.9 Å². The maximum Gasteiger partial charge on any atom is 0.459 e. The molecule has 14 heteroatoms. The molecule has 13 nitrogen and oxygen atoms in total. The van der Waals surface area contributed by atoms with Gasteiger partial charge in [0, 0.05) is 11.6 Å². The van der Waals surface area contributed by atoms with Gasteiger partial charge in [-0.2, -0.15) is 4.98 Å². The van der Waals surface area contributed by atoms with E-state index in [4.69, 9.17) is 24.3 Å². The molecule has 40 heavy (non-hydrogen) atoms.